The molecule has 1 N–H and O–H groups in total. The average Bonchev–Trinajstić information content (AvgIpc) is 2.19. The van der Waals surface area contributed by atoms with Crippen LogP contribution in [0.3, 0.4) is 0 Å². The molecule has 0 saturated heterocycles. The molecule has 0 bridgehead atoms. The zero-order valence-electron chi connectivity index (χ0n) is 8.96. The Morgan fingerprint density at radius 1 is 1.08 bits per heavy atom. The Morgan fingerprint density at radius 2 is 1.58 bits per heavy atom. The number of hydrogen-bond acceptors (Lipinski definition) is 2. The van der Waals surface area contributed by atoms with E-state index in [-0.39, 0.29) is 0 Å². The van der Waals surface area contributed by atoms with E-state index in [9.17, 15) is 0 Å². The standard InChI is InChI=1S/C6H10N2.2C2H6/c1-2-3-4-5-6-8-7;2*1-2/h2-3,5-7H,4H2,1H3;2*1-2H3/b3-2-,6-5-,8-7?;;. The van der Waals surface area contributed by atoms with Gasteiger partial charge in [0.15, 0.2) is 0 Å². The van der Waals surface area contributed by atoms with Crippen LogP contribution in [0, 0.1) is 5.53 Å². The van der Waals surface area contributed by atoms with Crippen molar-refractivity contribution in [2.45, 2.75) is 41.0 Å². The first-order valence-corrected chi connectivity index (χ1v) is 4.54. The summed E-state index contributed by atoms with van der Waals surface area (Å²) in [5.41, 5.74) is 6.35. The van der Waals surface area contributed by atoms with Crippen molar-refractivity contribution >= 4 is 0 Å². The first-order valence-electron chi connectivity index (χ1n) is 4.54. The molecule has 2 nitrogen and oxygen atoms in total. The Morgan fingerprint density at radius 3 is 1.92 bits per heavy atom. The van der Waals surface area contributed by atoms with Crippen molar-refractivity contribution < 1.29 is 0 Å². The SMILES string of the molecule is C/C=C\C/C=C\N=N.CC.CC. The zero-order valence-corrected chi connectivity index (χ0v) is 8.96. The van der Waals surface area contributed by atoms with Crippen LogP contribution in [0.25, 0.3) is 0 Å². The Labute approximate surface area is 76.9 Å². The van der Waals surface area contributed by atoms with Crippen molar-refractivity contribution in [2.24, 2.45) is 5.11 Å². The monoisotopic (exact) mass is 170 g/mol. The molecule has 0 spiro atoms. The fourth-order valence-corrected chi connectivity index (χ4v) is 0.328. The summed E-state index contributed by atoms with van der Waals surface area (Å²) in [6.07, 6.45) is 8.14. The lowest BCUT2D eigenvalue weighted by atomic mass is 10.4. The lowest BCUT2D eigenvalue weighted by Crippen LogP contribution is -1.53. The molecule has 0 atom stereocenters. The second kappa shape index (κ2) is 32.2. The second-order valence-electron chi connectivity index (χ2n) is 1.32. The molecule has 0 fully saturated rings. The Bertz CT molecular complexity index is 104. The summed E-state index contributed by atoms with van der Waals surface area (Å²) in [5, 5.41) is 3.04. The molecule has 0 amide bonds. The molecule has 0 radical (unpaired) electrons. The van der Waals surface area contributed by atoms with Crippen molar-refractivity contribution in [3.8, 4) is 0 Å². The van der Waals surface area contributed by atoms with Crippen LogP contribution in [0.4, 0.5) is 0 Å². The molecule has 12 heavy (non-hydrogen) atoms. The van der Waals surface area contributed by atoms with Crippen molar-refractivity contribution in [3.05, 3.63) is 24.4 Å². The van der Waals surface area contributed by atoms with Gasteiger partial charge >= 0.3 is 0 Å². The van der Waals surface area contributed by atoms with Gasteiger partial charge in [0.1, 0.15) is 0 Å². The van der Waals surface area contributed by atoms with Gasteiger partial charge in [-0.2, -0.15) is 5.11 Å². The van der Waals surface area contributed by atoms with Crippen LogP contribution in [0.1, 0.15) is 41.0 Å². The fraction of sp³-hybridized carbons (Fsp3) is 0.600. The molecule has 0 heterocycles. The van der Waals surface area contributed by atoms with Crippen LogP contribution in [0.5, 0.6) is 0 Å². The van der Waals surface area contributed by atoms with Gasteiger partial charge in [-0.15, -0.1) is 0 Å². The highest BCUT2D eigenvalue weighted by atomic mass is 14.9. The number of hydrogen-bond donors (Lipinski definition) is 1. The van der Waals surface area contributed by atoms with Crippen LogP contribution >= 0.6 is 0 Å². The topological polar surface area (TPSA) is 36.2 Å². The maximum atomic E-state index is 6.35. The maximum absolute atomic E-state index is 6.35. The summed E-state index contributed by atoms with van der Waals surface area (Å²) in [7, 11) is 0. The van der Waals surface area contributed by atoms with E-state index >= 15 is 0 Å². The van der Waals surface area contributed by atoms with E-state index in [1.165, 1.54) is 6.20 Å². The number of nitrogens with one attached hydrogen (secondary N) is 1. The van der Waals surface area contributed by atoms with E-state index in [2.05, 4.69) is 5.11 Å². The van der Waals surface area contributed by atoms with E-state index in [0.29, 0.717) is 0 Å². The minimum absolute atomic E-state index is 0.874. The van der Waals surface area contributed by atoms with E-state index in [4.69, 9.17) is 5.53 Å². The van der Waals surface area contributed by atoms with E-state index in [0.717, 1.165) is 6.42 Å². The van der Waals surface area contributed by atoms with Gasteiger partial charge in [0.2, 0.25) is 0 Å². The largest absolute Gasteiger partial charge is 0.205 e. The third-order valence-electron chi connectivity index (χ3n) is 0.688. The second-order valence-corrected chi connectivity index (χ2v) is 1.32. The molecule has 0 unspecified atom stereocenters. The van der Waals surface area contributed by atoms with Crippen molar-refractivity contribution in [1.29, 1.82) is 5.53 Å². The van der Waals surface area contributed by atoms with Gasteiger partial charge in [-0.3, -0.25) is 0 Å². The molecule has 0 rings (SSSR count). The molecule has 72 valence electrons. The fourth-order valence-electron chi connectivity index (χ4n) is 0.328. The molecule has 0 aromatic carbocycles. The quantitative estimate of drug-likeness (QED) is 0.476. The predicted octanol–water partition coefficient (Wildman–Crippen LogP) is 4.55. The normalized spacial score (nSPS) is 8.42. The Balaban J connectivity index is -0.000000175. The number of rotatable bonds is 3. The summed E-state index contributed by atoms with van der Waals surface area (Å²) in [6.45, 7) is 9.96. The molecular formula is C10H22N2. The molecule has 0 aromatic rings. The van der Waals surface area contributed by atoms with Gasteiger partial charge in [-0.1, -0.05) is 45.9 Å². The van der Waals surface area contributed by atoms with Crippen molar-refractivity contribution in [2.75, 3.05) is 0 Å². The highest BCUT2D eigenvalue weighted by Gasteiger charge is 1.64. The van der Waals surface area contributed by atoms with Crippen LogP contribution in [-0.2, 0) is 0 Å². The van der Waals surface area contributed by atoms with Gasteiger partial charge in [0, 0.05) is 6.20 Å². The summed E-state index contributed by atoms with van der Waals surface area (Å²) in [4.78, 5) is 0. The Kier molecular flexibility index (Phi) is 46.3. The van der Waals surface area contributed by atoms with Gasteiger partial charge in [-0.05, 0) is 13.3 Å². The van der Waals surface area contributed by atoms with Crippen molar-refractivity contribution in [3.63, 3.8) is 0 Å². The van der Waals surface area contributed by atoms with Crippen LogP contribution in [0.2, 0.25) is 0 Å². The van der Waals surface area contributed by atoms with Crippen LogP contribution in [-0.4, -0.2) is 0 Å². The molecule has 0 saturated carbocycles. The highest BCUT2D eigenvalue weighted by Crippen LogP contribution is 1.84. The Hall–Kier alpha value is -0.920. The molecular weight excluding hydrogens is 148 g/mol. The van der Waals surface area contributed by atoms with Gasteiger partial charge < -0.3 is 0 Å². The highest BCUT2D eigenvalue weighted by molar-refractivity contribution is 4.89. The summed E-state index contributed by atoms with van der Waals surface area (Å²) >= 11 is 0. The summed E-state index contributed by atoms with van der Waals surface area (Å²) < 4.78 is 0. The predicted molar refractivity (Wildman–Crippen MR) is 56.4 cm³/mol. The average molecular weight is 170 g/mol. The summed E-state index contributed by atoms with van der Waals surface area (Å²) in [5.74, 6) is 0. The zero-order chi connectivity index (χ0) is 10.2. The minimum atomic E-state index is 0.874. The summed E-state index contributed by atoms with van der Waals surface area (Å²) in [6, 6.07) is 0. The number of allylic oxidation sites excluding steroid dienone is 3. The first kappa shape index (κ1) is 17.2. The van der Waals surface area contributed by atoms with Gasteiger partial charge in [0.25, 0.3) is 0 Å². The van der Waals surface area contributed by atoms with E-state index < -0.39 is 0 Å². The molecule has 0 aliphatic rings. The molecule has 0 aliphatic carbocycles. The number of nitrogens with zero attached hydrogens (tertiary/aromatic N) is 1. The van der Waals surface area contributed by atoms with Crippen LogP contribution in [0.15, 0.2) is 29.5 Å². The van der Waals surface area contributed by atoms with Crippen molar-refractivity contribution in [1.82, 2.24) is 0 Å². The van der Waals surface area contributed by atoms with Gasteiger partial charge in [0.05, 0.1) is 0 Å². The lowest BCUT2D eigenvalue weighted by Gasteiger charge is -1.73. The smallest absolute Gasteiger partial charge is 0.0452 e. The minimum Gasteiger partial charge on any atom is -0.205 e. The lowest BCUT2D eigenvalue weighted by molar-refractivity contribution is 1.13. The van der Waals surface area contributed by atoms with E-state index in [1.807, 2.05) is 52.8 Å². The molecule has 0 aromatic heterocycles. The first-order chi connectivity index (χ1) is 5.91. The maximum Gasteiger partial charge on any atom is 0.0452 e. The molecule has 0 aliphatic heterocycles. The third kappa shape index (κ3) is 35.6. The molecule has 2 heteroatoms. The third-order valence-corrected chi connectivity index (χ3v) is 0.688. The van der Waals surface area contributed by atoms with E-state index in [1.54, 1.807) is 0 Å². The van der Waals surface area contributed by atoms with Crippen LogP contribution < -0.4 is 0 Å². The van der Waals surface area contributed by atoms with Gasteiger partial charge in [-0.25, -0.2) is 5.53 Å².